The summed E-state index contributed by atoms with van der Waals surface area (Å²) in [6.07, 6.45) is 6.12. The van der Waals surface area contributed by atoms with E-state index in [1.165, 1.54) is 6.07 Å². The smallest absolute Gasteiger partial charge is 0.335 e. The van der Waals surface area contributed by atoms with Crippen LogP contribution in [0.2, 0.25) is 0 Å². The van der Waals surface area contributed by atoms with Crippen LogP contribution in [0.4, 0.5) is 0 Å². The van der Waals surface area contributed by atoms with Gasteiger partial charge in [-0.2, -0.15) is 0 Å². The van der Waals surface area contributed by atoms with Gasteiger partial charge < -0.3 is 25.1 Å². The number of ketones is 1. The lowest BCUT2D eigenvalue weighted by atomic mass is 10.0. The summed E-state index contributed by atoms with van der Waals surface area (Å²) in [6, 6.07) is 12.0. The van der Waals surface area contributed by atoms with E-state index >= 15 is 0 Å². The van der Waals surface area contributed by atoms with E-state index in [9.17, 15) is 19.5 Å². The molecule has 4 aromatic rings. The average Bonchev–Trinajstić information content (AvgIpc) is 3.56. The Labute approximate surface area is 233 Å². The Morgan fingerprint density at radius 2 is 1.90 bits per heavy atom. The van der Waals surface area contributed by atoms with Crippen LogP contribution in [-0.2, 0) is 16.0 Å². The number of carboxylic acid groups (broad SMARTS) is 1. The van der Waals surface area contributed by atoms with Gasteiger partial charge in [0.2, 0.25) is 5.91 Å². The third-order valence-electron chi connectivity index (χ3n) is 7.19. The van der Waals surface area contributed by atoms with E-state index in [1.807, 2.05) is 38.1 Å². The average molecular weight is 545 g/mol. The molecule has 2 aromatic heterocycles. The zero-order chi connectivity index (χ0) is 28.6. The fraction of sp³-hybridized carbons (Fsp3) is 0.355. The lowest BCUT2D eigenvalue weighted by Crippen LogP contribution is -2.30. The number of aromatic amines is 2. The van der Waals surface area contributed by atoms with Gasteiger partial charge in [0.25, 0.3) is 0 Å². The van der Waals surface area contributed by atoms with Gasteiger partial charge in [-0.15, -0.1) is 0 Å². The molecule has 0 saturated carbocycles. The quantitative estimate of drug-likeness (QED) is 0.146. The Hall–Kier alpha value is -4.40. The fourth-order valence-electron chi connectivity index (χ4n) is 4.90. The molecule has 0 aliphatic heterocycles. The number of H-pyrrole nitrogens is 2. The normalized spacial score (nSPS) is 11.9. The van der Waals surface area contributed by atoms with Crippen molar-refractivity contribution in [3.05, 3.63) is 71.3 Å². The highest BCUT2D eigenvalue weighted by Gasteiger charge is 2.21. The number of ether oxygens (including phenoxy) is 1. The molecule has 1 amide bonds. The minimum atomic E-state index is -1.00. The molecule has 0 bridgehead atoms. The summed E-state index contributed by atoms with van der Waals surface area (Å²) in [5.74, 6) is 0.450. The number of aromatic nitrogens is 3. The van der Waals surface area contributed by atoms with Crippen LogP contribution in [0.25, 0.3) is 22.2 Å². The first-order valence-corrected chi connectivity index (χ1v) is 13.6. The van der Waals surface area contributed by atoms with Gasteiger partial charge >= 0.3 is 5.97 Å². The van der Waals surface area contributed by atoms with E-state index in [0.717, 1.165) is 47.2 Å². The summed E-state index contributed by atoms with van der Waals surface area (Å²) >= 11 is 0. The number of rotatable bonds is 14. The maximum atomic E-state index is 13.4. The van der Waals surface area contributed by atoms with Gasteiger partial charge in [-0.3, -0.25) is 9.59 Å². The number of methoxy groups -OCH3 is 1. The monoisotopic (exact) mass is 544 g/mol. The number of benzene rings is 2. The summed E-state index contributed by atoms with van der Waals surface area (Å²) in [4.78, 5) is 47.6. The molecular formula is C31H36N4O5. The van der Waals surface area contributed by atoms with Crippen LogP contribution in [0.3, 0.4) is 0 Å². The number of amides is 1. The Kier molecular flexibility index (Phi) is 9.37. The topological polar surface area (TPSA) is 137 Å². The third kappa shape index (κ3) is 6.97. The molecule has 1 unspecified atom stereocenters. The van der Waals surface area contributed by atoms with Crippen LogP contribution in [0, 0.1) is 6.92 Å². The highest BCUT2D eigenvalue weighted by Crippen LogP contribution is 2.28. The molecule has 9 nitrogen and oxygen atoms in total. The molecule has 2 aromatic carbocycles. The molecule has 4 N–H and O–H groups in total. The summed E-state index contributed by atoms with van der Waals surface area (Å²) in [7, 11) is 1.62. The molecule has 40 heavy (non-hydrogen) atoms. The number of Topliss-reactive ketones (excluding diaryl/α,β-unsaturated/α-hetero) is 1. The zero-order valence-electron chi connectivity index (χ0n) is 23.2. The molecule has 0 spiro atoms. The maximum absolute atomic E-state index is 13.4. The minimum absolute atomic E-state index is 0.135. The standard InChI is InChI=1S/C31H36N4O5/c1-4-22(36)11-6-5-7-12-27(30-32-18-28(35-30)20-9-8-10-21(15-20)31(38)39)34-29(37)17-24-19(2)33-26-14-13-23(40-3)16-25(24)26/h8-10,13-16,18,27,33H,4-7,11-12,17H2,1-3H3,(H,32,35)(H,34,37)(H,38,39). The number of imidazole rings is 1. The third-order valence-corrected chi connectivity index (χ3v) is 7.19. The van der Waals surface area contributed by atoms with Crippen molar-refractivity contribution in [1.82, 2.24) is 20.3 Å². The maximum Gasteiger partial charge on any atom is 0.335 e. The molecule has 210 valence electrons. The second-order valence-corrected chi connectivity index (χ2v) is 10.00. The summed E-state index contributed by atoms with van der Waals surface area (Å²) in [5.41, 5.74) is 4.34. The Morgan fingerprint density at radius 3 is 2.65 bits per heavy atom. The second-order valence-electron chi connectivity index (χ2n) is 10.00. The molecule has 0 radical (unpaired) electrons. The number of nitrogens with zero attached hydrogens (tertiary/aromatic N) is 1. The lowest BCUT2D eigenvalue weighted by molar-refractivity contribution is -0.121. The van der Waals surface area contributed by atoms with Crippen molar-refractivity contribution >= 4 is 28.6 Å². The van der Waals surface area contributed by atoms with E-state index < -0.39 is 5.97 Å². The predicted molar refractivity (Wildman–Crippen MR) is 154 cm³/mol. The first-order valence-electron chi connectivity index (χ1n) is 13.6. The van der Waals surface area contributed by atoms with Crippen LogP contribution in [-0.4, -0.2) is 44.8 Å². The molecule has 2 heterocycles. The molecule has 0 aliphatic carbocycles. The van der Waals surface area contributed by atoms with Crippen molar-refractivity contribution in [3.8, 4) is 17.0 Å². The van der Waals surface area contributed by atoms with E-state index in [4.69, 9.17) is 4.74 Å². The molecule has 0 fully saturated rings. The van der Waals surface area contributed by atoms with Crippen LogP contribution in [0.5, 0.6) is 5.75 Å². The number of unbranched alkanes of at least 4 members (excludes halogenated alkanes) is 2. The molecule has 1 atom stereocenters. The SMILES string of the molecule is CCC(=O)CCCCCC(NC(=O)Cc1c(C)[nH]c2ccc(OC)cc12)c1ncc(-c2cccc(C(=O)O)c2)[nH]1. The second kappa shape index (κ2) is 13.1. The first kappa shape index (κ1) is 28.6. The summed E-state index contributed by atoms with van der Waals surface area (Å²) in [5, 5.41) is 13.5. The van der Waals surface area contributed by atoms with Crippen molar-refractivity contribution in [2.45, 2.75) is 64.8 Å². The van der Waals surface area contributed by atoms with E-state index in [-0.39, 0.29) is 29.7 Å². The van der Waals surface area contributed by atoms with E-state index in [1.54, 1.807) is 25.4 Å². The lowest BCUT2D eigenvalue weighted by Gasteiger charge is -2.17. The van der Waals surface area contributed by atoms with E-state index in [2.05, 4.69) is 20.3 Å². The van der Waals surface area contributed by atoms with Gasteiger partial charge in [0.1, 0.15) is 17.4 Å². The van der Waals surface area contributed by atoms with Crippen molar-refractivity contribution < 1.29 is 24.2 Å². The number of aryl methyl sites for hydroxylation is 1. The molecule has 9 heteroatoms. The number of hydrogen-bond donors (Lipinski definition) is 4. The number of aromatic carboxylic acids is 1. The van der Waals surface area contributed by atoms with Crippen LogP contribution >= 0.6 is 0 Å². The highest BCUT2D eigenvalue weighted by atomic mass is 16.5. The van der Waals surface area contributed by atoms with Crippen molar-refractivity contribution in [1.29, 1.82) is 0 Å². The molecule has 0 aliphatic rings. The number of carboxylic acids is 1. The number of hydrogen-bond acceptors (Lipinski definition) is 5. The molecule has 4 rings (SSSR count). The van der Waals surface area contributed by atoms with Crippen LogP contribution in [0.1, 0.15) is 78.9 Å². The van der Waals surface area contributed by atoms with Crippen molar-refractivity contribution in [2.75, 3.05) is 7.11 Å². The number of nitrogens with one attached hydrogen (secondary N) is 3. The number of carbonyl (C=O) groups is 3. The molecular weight excluding hydrogens is 508 g/mol. The minimum Gasteiger partial charge on any atom is -0.497 e. The number of carbonyl (C=O) groups excluding carboxylic acids is 2. The number of fused-ring (bicyclic) bond motifs is 1. The Balaban J connectivity index is 1.52. The van der Waals surface area contributed by atoms with Gasteiger partial charge in [-0.1, -0.05) is 31.9 Å². The predicted octanol–water partition coefficient (Wildman–Crippen LogP) is 5.90. The van der Waals surface area contributed by atoms with E-state index in [0.29, 0.717) is 36.3 Å². The largest absolute Gasteiger partial charge is 0.497 e. The van der Waals surface area contributed by atoms with Gasteiger partial charge in [-0.25, -0.2) is 9.78 Å². The van der Waals surface area contributed by atoms with Gasteiger partial charge in [-0.05, 0) is 55.7 Å². The Morgan fingerprint density at radius 1 is 1.07 bits per heavy atom. The summed E-state index contributed by atoms with van der Waals surface area (Å²) in [6.45, 7) is 3.83. The van der Waals surface area contributed by atoms with Gasteiger partial charge in [0.15, 0.2) is 0 Å². The first-order chi connectivity index (χ1) is 19.3. The van der Waals surface area contributed by atoms with Gasteiger partial charge in [0, 0.05) is 35.0 Å². The Bertz CT molecular complexity index is 1500. The summed E-state index contributed by atoms with van der Waals surface area (Å²) < 4.78 is 5.38. The molecule has 0 saturated heterocycles. The zero-order valence-corrected chi connectivity index (χ0v) is 23.2. The van der Waals surface area contributed by atoms with Crippen molar-refractivity contribution in [2.24, 2.45) is 0 Å². The highest BCUT2D eigenvalue weighted by molar-refractivity contribution is 5.91. The van der Waals surface area contributed by atoms with Crippen LogP contribution in [0.15, 0.2) is 48.7 Å². The fourth-order valence-corrected chi connectivity index (χ4v) is 4.90. The van der Waals surface area contributed by atoms with Gasteiger partial charge in [0.05, 0.1) is 37.0 Å². The van der Waals surface area contributed by atoms with Crippen molar-refractivity contribution in [3.63, 3.8) is 0 Å². The van der Waals surface area contributed by atoms with Crippen LogP contribution < -0.4 is 10.1 Å².